The van der Waals surface area contributed by atoms with Crippen LogP contribution in [0.15, 0.2) is 42.5 Å². The van der Waals surface area contributed by atoms with Crippen molar-refractivity contribution in [1.29, 1.82) is 0 Å². The maximum absolute atomic E-state index is 13.7. The van der Waals surface area contributed by atoms with Gasteiger partial charge in [0.1, 0.15) is 5.82 Å². The standard InChI is InChI=1S/C26H27F7N2O/c1-14(16-8-17(25(28,29)30)10-18(9-16)26(31,32)33)21-13-35-22(11-20(34(2)3)12-23(35)36)24(21)15-4-6-19(27)7-5-15/h4-10,14,20-22,24H,11-13H2,1-3H3/t14-,20?,21-,22+,24-/m1/s1. The molecule has 0 spiro atoms. The van der Waals surface area contributed by atoms with E-state index >= 15 is 0 Å². The number of hydrogen-bond donors (Lipinski definition) is 0. The molecule has 3 nitrogen and oxygen atoms in total. The minimum atomic E-state index is -4.95. The number of amides is 1. The Kier molecular flexibility index (Phi) is 6.87. The lowest BCUT2D eigenvalue weighted by molar-refractivity contribution is -0.143. The first-order valence-electron chi connectivity index (χ1n) is 11.7. The molecule has 4 rings (SSSR count). The van der Waals surface area contributed by atoms with Gasteiger partial charge in [-0.3, -0.25) is 4.79 Å². The summed E-state index contributed by atoms with van der Waals surface area (Å²) >= 11 is 0. The molecule has 2 aliphatic heterocycles. The lowest BCUT2D eigenvalue weighted by Crippen LogP contribution is -2.49. The third-order valence-corrected chi connectivity index (χ3v) is 7.69. The molecule has 2 saturated heterocycles. The highest BCUT2D eigenvalue weighted by Gasteiger charge is 2.50. The third-order valence-electron chi connectivity index (χ3n) is 7.69. The van der Waals surface area contributed by atoms with Gasteiger partial charge in [-0.05, 0) is 73.8 Å². The quantitative estimate of drug-likeness (QED) is 0.446. The van der Waals surface area contributed by atoms with E-state index in [2.05, 4.69) is 0 Å². The van der Waals surface area contributed by atoms with Gasteiger partial charge in [0.15, 0.2) is 0 Å². The minimum absolute atomic E-state index is 0.0545. The predicted octanol–water partition coefficient (Wildman–Crippen LogP) is 6.30. The molecule has 0 radical (unpaired) electrons. The molecule has 0 saturated carbocycles. The molecular formula is C26H27F7N2O. The van der Waals surface area contributed by atoms with Crippen molar-refractivity contribution in [1.82, 2.24) is 9.80 Å². The van der Waals surface area contributed by atoms with Crippen LogP contribution in [-0.2, 0) is 17.1 Å². The number of benzene rings is 2. The number of piperidine rings is 1. The lowest BCUT2D eigenvalue weighted by atomic mass is 9.73. The Morgan fingerprint density at radius 1 is 0.944 bits per heavy atom. The van der Waals surface area contributed by atoms with Crippen molar-refractivity contribution in [3.05, 3.63) is 70.5 Å². The van der Waals surface area contributed by atoms with E-state index in [4.69, 9.17) is 0 Å². The topological polar surface area (TPSA) is 23.6 Å². The van der Waals surface area contributed by atoms with E-state index in [1.807, 2.05) is 19.0 Å². The smallest absolute Gasteiger partial charge is 0.339 e. The fourth-order valence-electron chi connectivity index (χ4n) is 5.70. The van der Waals surface area contributed by atoms with Gasteiger partial charge in [-0.25, -0.2) is 4.39 Å². The second-order valence-corrected chi connectivity index (χ2v) is 10.0. The van der Waals surface area contributed by atoms with Crippen LogP contribution in [0.3, 0.4) is 0 Å². The molecule has 2 aromatic rings. The highest BCUT2D eigenvalue weighted by atomic mass is 19.4. The van der Waals surface area contributed by atoms with Crippen LogP contribution in [0.1, 0.15) is 53.9 Å². The fourth-order valence-corrected chi connectivity index (χ4v) is 5.70. The fraction of sp³-hybridized carbons (Fsp3) is 0.500. The molecule has 5 atom stereocenters. The number of carbonyl (C=O) groups is 1. The first kappa shape index (κ1) is 26.4. The van der Waals surface area contributed by atoms with Gasteiger partial charge in [0.25, 0.3) is 0 Å². The van der Waals surface area contributed by atoms with Crippen molar-refractivity contribution in [2.45, 2.75) is 56.0 Å². The van der Waals surface area contributed by atoms with Crippen LogP contribution in [0, 0.1) is 11.7 Å². The largest absolute Gasteiger partial charge is 0.416 e. The zero-order valence-corrected chi connectivity index (χ0v) is 20.0. The molecule has 0 aromatic heterocycles. The van der Waals surface area contributed by atoms with Crippen LogP contribution in [0.25, 0.3) is 0 Å². The molecule has 0 aliphatic carbocycles. The molecule has 2 heterocycles. The van der Waals surface area contributed by atoms with Gasteiger partial charge in [0.05, 0.1) is 11.1 Å². The number of halogens is 7. The van der Waals surface area contributed by atoms with Crippen LogP contribution in [0.4, 0.5) is 30.7 Å². The molecule has 1 amide bonds. The summed E-state index contributed by atoms with van der Waals surface area (Å²) in [6, 6.07) is 7.02. The van der Waals surface area contributed by atoms with Gasteiger partial charge in [0.2, 0.25) is 5.91 Å². The molecule has 0 N–H and O–H groups in total. The SMILES string of the molecule is C[C@H](c1cc(C(F)(F)F)cc(C(F)(F)F)c1)[C@H]1CN2C(=O)CC(N(C)C)C[C@H]2[C@@H]1c1ccc(F)cc1. The van der Waals surface area contributed by atoms with Crippen molar-refractivity contribution in [3.63, 3.8) is 0 Å². The molecular weight excluding hydrogens is 489 g/mol. The summed E-state index contributed by atoms with van der Waals surface area (Å²) in [6.07, 6.45) is -9.02. The van der Waals surface area contributed by atoms with E-state index in [0.717, 1.165) is 12.1 Å². The average molecular weight is 517 g/mol. The molecule has 2 aliphatic rings. The maximum Gasteiger partial charge on any atom is 0.416 e. The van der Waals surface area contributed by atoms with E-state index in [-0.39, 0.29) is 48.5 Å². The molecule has 2 fully saturated rings. The molecule has 10 heteroatoms. The van der Waals surface area contributed by atoms with Gasteiger partial charge in [-0.15, -0.1) is 0 Å². The van der Waals surface area contributed by atoms with E-state index in [9.17, 15) is 35.5 Å². The number of carbonyl (C=O) groups excluding carboxylic acids is 1. The van der Waals surface area contributed by atoms with Crippen molar-refractivity contribution in [3.8, 4) is 0 Å². The Morgan fingerprint density at radius 2 is 1.50 bits per heavy atom. The summed E-state index contributed by atoms with van der Waals surface area (Å²) in [5.74, 6) is -2.14. The Bertz CT molecular complexity index is 1080. The number of nitrogens with zero attached hydrogens (tertiary/aromatic N) is 2. The van der Waals surface area contributed by atoms with Crippen LogP contribution < -0.4 is 0 Å². The lowest BCUT2D eigenvalue weighted by Gasteiger charge is -2.39. The van der Waals surface area contributed by atoms with Gasteiger partial charge < -0.3 is 9.80 Å². The molecule has 2 aromatic carbocycles. The highest BCUT2D eigenvalue weighted by Crippen LogP contribution is 2.49. The zero-order valence-electron chi connectivity index (χ0n) is 20.0. The summed E-state index contributed by atoms with van der Waals surface area (Å²) < 4.78 is 94.7. The monoisotopic (exact) mass is 516 g/mol. The van der Waals surface area contributed by atoms with Crippen molar-refractivity contribution in [2.75, 3.05) is 20.6 Å². The van der Waals surface area contributed by atoms with E-state index in [1.165, 1.54) is 12.1 Å². The number of alkyl halides is 6. The Morgan fingerprint density at radius 3 is 2.00 bits per heavy atom. The Hall–Kier alpha value is -2.62. The van der Waals surface area contributed by atoms with Crippen molar-refractivity contribution in [2.24, 2.45) is 5.92 Å². The number of rotatable bonds is 4. The maximum atomic E-state index is 13.7. The van der Waals surface area contributed by atoms with Gasteiger partial charge in [-0.2, -0.15) is 26.3 Å². The summed E-state index contributed by atoms with van der Waals surface area (Å²) in [5, 5.41) is 0. The van der Waals surface area contributed by atoms with Crippen LogP contribution in [0.5, 0.6) is 0 Å². The molecule has 1 unspecified atom stereocenters. The summed E-state index contributed by atoms with van der Waals surface area (Å²) in [6.45, 7) is 1.80. The van der Waals surface area contributed by atoms with E-state index < -0.39 is 41.1 Å². The molecule has 0 bridgehead atoms. The van der Waals surface area contributed by atoms with Gasteiger partial charge in [-0.1, -0.05) is 19.1 Å². The zero-order chi connectivity index (χ0) is 26.6. The normalized spacial score (nSPS) is 25.9. The van der Waals surface area contributed by atoms with Crippen molar-refractivity contribution < 1.29 is 35.5 Å². The number of hydrogen-bond acceptors (Lipinski definition) is 2. The number of fused-ring (bicyclic) bond motifs is 1. The van der Waals surface area contributed by atoms with Gasteiger partial charge in [0, 0.05) is 31.0 Å². The second kappa shape index (κ2) is 9.36. The molecule has 196 valence electrons. The van der Waals surface area contributed by atoms with Crippen LogP contribution >= 0.6 is 0 Å². The van der Waals surface area contributed by atoms with Gasteiger partial charge >= 0.3 is 12.4 Å². The highest BCUT2D eigenvalue weighted by molar-refractivity contribution is 5.79. The van der Waals surface area contributed by atoms with Crippen LogP contribution in [0.2, 0.25) is 0 Å². The first-order chi connectivity index (χ1) is 16.7. The predicted molar refractivity (Wildman–Crippen MR) is 120 cm³/mol. The molecule has 36 heavy (non-hydrogen) atoms. The average Bonchev–Trinajstić information content (AvgIpc) is 3.17. The van der Waals surface area contributed by atoms with Crippen LogP contribution in [-0.4, -0.2) is 48.4 Å². The summed E-state index contributed by atoms with van der Waals surface area (Å²) in [4.78, 5) is 16.7. The Balaban J connectivity index is 1.80. The third kappa shape index (κ3) is 5.10. The van der Waals surface area contributed by atoms with E-state index in [1.54, 1.807) is 24.0 Å². The van der Waals surface area contributed by atoms with Crippen molar-refractivity contribution >= 4 is 5.91 Å². The first-order valence-corrected chi connectivity index (χ1v) is 11.7. The second-order valence-electron chi connectivity index (χ2n) is 10.0. The summed E-state index contributed by atoms with van der Waals surface area (Å²) in [7, 11) is 3.72. The summed E-state index contributed by atoms with van der Waals surface area (Å²) in [5.41, 5.74) is -2.12. The Labute approximate surface area is 204 Å². The minimum Gasteiger partial charge on any atom is -0.339 e. The van der Waals surface area contributed by atoms with E-state index in [0.29, 0.717) is 12.0 Å².